The number of ether oxygens (including phenoxy) is 1. The first kappa shape index (κ1) is 22.6. The van der Waals surface area contributed by atoms with E-state index in [0.29, 0.717) is 18.7 Å². The second-order valence-corrected chi connectivity index (χ2v) is 6.66. The first-order valence-electron chi connectivity index (χ1n) is 9.45. The molecule has 2 heterocycles. The number of methoxy groups -OCH3 is 1. The van der Waals surface area contributed by atoms with Gasteiger partial charge in [0.25, 0.3) is 0 Å². The van der Waals surface area contributed by atoms with E-state index in [1.807, 2.05) is 66.7 Å². The van der Waals surface area contributed by atoms with Gasteiger partial charge in [-0.2, -0.15) is 5.26 Å². The van der Waals surface area contributed by atoms with Crippen molar-refractivity contribution in [1.29, 1.82) is 5.26 Å². The summed E-state index contributed by atoms with van der Waals surface area (Å²) in [5, 5.41) is 11.3. The number of aromatic nitrogens is 2. The number of pyridine rings is 2. The molecule has 0 unspecified atom stereocenters. The van der Waals surface area contributed by atoms with Crippen molar-refractivity contribution in [2.24, 2.45) is 0 Å². The van der Waals surface area contributed by atoms with Gasteiger partial charge in [0.2, 0.25) is 0 Å². The summed E-state index contributed by atoms with van der Waals surface area (Å²) in [5.74, 6) is 0.772. The summed E-state index contributed by atoms with van der Waals surface area (Å²) in [6, 6.07) is 23.7. The number of halogens is 1. The van der Waals surface area contributed by atoms with Crippen LogP contribution < -0.4 is 9.64 Å². The second-order valence-electron chi connectivity index (χ2n) is 6.66. The van der Waals surface area contributed by atoms with Crippen molar-refractivity contribution in [1.82, 2.24) is 9.97 Å². The molecule has 31 heavy (non-hydrogen) atoms. The van der Waals surface area contributed by atoms with Crippen molar-refractivity contribution >= 4 is 26.6 Å². The van der Waals surface area contributed by atoms with Crippen LogP contribution in [0.3, 0.4) is 0 Å². The third kappa shape index (κ3) is 5.53. The molecule has 159 valence electrons. The van der Waals surface area contributed by atoms with Gasteiger partial charge in [0, 0.05) is 17.8 Å². The molecule has 2 aromatic carbocycles. The second kappa shape index (κ2) is 11.3. The average molecular weight is 479 g/mol. The van der Waals surface area contributed by atoms with Crippen LogP contribution in [0.5, 0.6) is 5.75 Å². The van der Waals surface area contributed by atoms with E-state index in [2.05, 4.69) is 46.1 Å². The van der Waals surface area contributed by atoms with Gasteiger partial charge in [-0.3, -0.25) is 9.97 Å². The number of nitrogens with zero attached hydrogens (tertiary/aromatic N) is 4. The fourth-order valence-electron chi connectivity index (χ4n) is 3.44. The van der Waals surface area contributed by atoms with Crippen molar-refractivity contribution in [3.8, 4) is 11.8 Å². The molecule has 0 aliphatic carbocycles. The zero-order chi connectivity index (χ0) is 22.1. The minimum absolute atomic E-state index is 0.604. The number of anilines is 1. The Morgan fingerprint density at radius 2 is 1.58 bits per heavy atom. The zero-order valence-electron chi connectivity index (χ0n) is 16.8. The van der Waals surface area contributed by atoms with Gasteiger partial charge in [0.05, 0.1) is 48.9 Å². The maximum absolute atomic E-state index is 9.26. The third-order valence-corrected chi connectivity index (χ3v) is 4.78. The van der Waals surface area contributed by atoms with Gasteiger partial charge in [0.15, 0.2) is 0 Å². The first-order chi connectivity index (χ1) is 15.3. The Balaban J connectivity index is 0.00000132. The fourth-order valence-corrected chi connectivity index (χ4v) is 3.44. The van der Waals surface area contributed by atoms with Gasteiger partial charge in [-0.15, -0.1) is 0 Å². The average Bonchev–Trinajstić information content (AvgIpc) is 2.85. The molecule has 5 nitrogen and oxygen atoms in total. The number of nitriles is 1. The van der Waals surface area contributed by atoms with Crippen molar-refractivity contribution in [2.45, 2.75) is 13.1 Å². The van der Waals surface area contributed by atoms with Crippen molar-refractivity contribution in [3.05, 3.63) is 96.1 Å². The standard InChI is InChI=1S/C24H20N4O.ClH.Cu/c1-29-23-11-9-19-14-18(15-25)8-10-22(19)24(23)28(16-20-6-2-4-12-26-20)17-21-7-3-5-13-27-21;;/h2-14H,16-17H2,1H3;1H;/q;;+2/p-1. The Bertz CT molecular complexity index is 1130. The fraction of sp³-hybridized carbons (Fsp3) is 0.125. The summed E-state index contributed by atoms with van der Waals surface area (Å²) >= 11 is 3.66. The maximum atomic E-state index is 9.26. The summed E-state index contributed by atoms with van der Waals surface area (Å²) in [6.45, 7) is 1.21. The van der Waals surface area contributed by atoms with Crippen LogP contribution in [0.15, 0.2) is 79.1 Å². The first-order valence-corrected chi connectivity index (χ1v) is 10.7. The molecule has 0 bridgehead atoms. The molecular formula is C24H20ClCuN4O+. The molecule has 7 heteroatoms. The van der Waals surface area contributed by atoms with Crippen molar-refractivity contribution in [3.63, 3.8) is 0 Å². The van der Waals surface area contributed by atoms with Crippen molar-refractivity contribution in [2.75, 3.05) is 12.0 Å². The molecule has 0 amide bonds. The Morgan fingerprint density at radius 1 is 0.935 bits per heavy atom. The van der Waals surface area contributed by atoms with E-state index in [9.17, 15) is 5.26 Å². The van der Waals surface area contributed by atoms with E-state index in [1.54, 1.807) is 19.5 Å². The molecule has 2 aromatic heterocycles. The normalized spacial score (nSPS) is 10.0. The summed E-state index contributed by atoms with van der Waals surface area (Å²) in [4.78, 5) is 11.2. The Morgan fingerprint density at radius 3 is 2.10 bits per heavy atom. The topological polar surface area (TPSA) is 62.0 Å². The summed E-state index contributed by atoms with van der Waals surface area (Å²) in [6.07, 6.45) is 3.60. The molecular weight excluding hydrogens is 459 g/mol. The van der Waals surface area contributed by atoms with E-state index in [0.717, 1.165) is 33.6 Å². The summed E-state index contributed by atoms with van der Waals surface area (Å²) in [5.41, 5.74) is 3.51. The van der Waals surface area contributed by atoms with Crippen LogP contribution in [0.25, 0.3) is 10.8 Å². The van der Waals surface area contributed by atoms with E-state index in [1.165, 1.54) is 0 Å². The quantitative estimate of drug-likeness (QED) is 0.347. The number of benzene rings is 2. The number of fused-ring (bicyclic) bond motifs is 1. The van der Waals surface area contributed by atoms with Gasteiger partial charge >= 0.3 is 25.2 Å². The number of rotatable bonds is 6. The Hall–Kier alpha value is -3.10. The third-order valence-electron chi connectivity index (χ3n) is 4.78. The van der Waals surface area contributed by atoms with Gasteiger partial charge in [-0.05, 0) is 47.9 Å². The monoisotopic (exact) mass is 478 g/mol. The van der Waals surface area contributed by atoms with Crippen LogP contribution in [0, 0.1) is 11.3 Å². The molecule has 0 N–H and O–H groups in total. The van der Waals surface area contributed by atoms with E-state index in [4.69, 9.17) is 4.74 Å². The zero-order valence-corrected chi connectivity index (χ0v) is 18.5. The molecule has 0 aliphatic heterocycles. The van der Waals surface area contributed by atoms with E-state index in [-0.39, 0.29) is 0 Å². The van der Waals surface area contributed by atoms with Crippen LogP contribution in [0.2, 0.25) is 0 Å². The van der Waals surface area contributed by atoms with Gasteiger partial charge in [0.1, 0.15) is 5.75 Å². The van der Waals surface area contributed by atoms with Crippen LogP contribution in [0.1, 0.15) is 17.0 Å². The Labute approximate surface area is 194 Å². The molecule has 0 aliphatic rings. The van der Waals surface area contributed by atoms with E-state index < -0.39 is 0 Å². The Kier molecular flexibility index (Phi) is 8.26. The predicted octanol–water partition coefficient (Wildman–Crippen LogP) is 5.40. The molecule has 0 fully saturated rings. The predicted molar refractivity (Wildman–Crippen MR) is 119 cm³/mol. The summed E-state index contributed by atoms with van der Waals surface area (Å²) < 4.78 is 5.72. The molecule has 0 saturated heterocycles. The molecule has 0 radical (unpaired) electrons. The molecule has 0 atom stereocenters. The SMILES string of the molecule is COc1ccc2cc(C#N)ccc2c1N(Cc1ccccn1)Cc1ccccn1.[Cl][Cu+]. The van der Waals surface area contributed by atoms with Crippen LogP contribution in [0.4, 0.5) is 5.69 Å². The van der Waals surface area contributed by atoms with Crippen LogP contribution in [-0.4, -0.2) is 17.1 Å². The molecule has 4 rings (SSSR count). The molecule has 4 aromatic rings. The van der Waals surface area contributed by atoms with Crippen LogP contribution in [-0.2, 0) is 28.2 Å². The van der Waals surface area contributed by atoms with Crippen molar-refractivity contribution < 1.29 is 19.8 Å². The number of hydrogen-bond acceptors (Lipinski definition) is 5. The van der Waals surface area contributed by atoms with Gasteiger partial charge in [-0.1, -0.05) is 24.3 Å². The number of hydrogen-bond donors (Lipinski definition) is 0. The minimum atomic E-state index is 0.604. The summed E-state index contributed by atoms with van der Waals surface area (Å²) in [7, 11) is 5.88. The van der Waals surface area contributed by atoms with Gasteiger partial charge in [-0.25, -0.2) is 0 Å². The van der Waals surface area contributed by atoms with E-state index >= 15 is 0 Å². The molecule has 0 saturated carbocycles. The molecule has 0 spiro atoms. The van der Waals surface area contributed by atoms with Gasteiger partial charge < -0.3 is 9.64 Å². The van der Waals surface area contributed by atoms with Crippen LogP contribution >= 0.6 is 10.1 Å².